The molecular formula is C4H7FI2. The first-order valence-corrected chi connectivity index (χ1v) is 4.79. The van der Waals surface area contributed by atoms with E-state index in [1.165, 1.54) is 0 Å². The summed E-state index contributed by atoms with van der Waals surface area (Å²) in [5.41, 5.74) is 0. The van der Waals surface area contributed by atoms with Gasteiger partial charge in [-0.1, -0.05) is 45.2 Å². The molecule has 0 amide bonds. The highest BCUT2D eigenvalue weighted by Gasteiger charge is 2.08. The molecule has 0 radical (unpaired) electrons. The Labute approximate surface area is 70.5 Å². The Morgan fingerprint density at radius 3 is 2.14 bits per heavy atom. The summed E-state index contributed by atoms with van der Waals surface area (Å²) in [7, 11) is 0. The molecule has 0 spiro atoms. The van der Waals surface area contributed by atoms with Crippen LogP contribution in [0.25, 0.3) is 0 Å². The van der Waals surface area contributed by atoms with Crippen LogP contribution in [0.3, 0.4) is 0 Å². The maximum atomic E-state index is 12.1. The lowest BCUT2D eigenvalue weighted by molar-refractivity contribution is 0.370. The minimum Gasteiger partial charge on any atom is -0.247 e. The van der Waals surface area contributed by atoms with Crippen LogP contribution in [0.5, 0.6) is 0 Å². The van der Waals surface area contributed by atoms with Crippen LogP contribution in [0.2, 0.25) is 0 Å². The van der Waals surface area contributed by atoms with Crippen molar-refractivity contribution < 1.29 is 4.39 Å². The summed E-state index contributed by atoms with van der Waals surface area (Å²) in [4.78, 5) is 0. The maximum absolute atomic E-state index is 12.1. The van der Waals surface area contributed by atoms with E-state index in [4.69, 9.17) is 0 Å². The van der Waals surface area contributed by atoms with E-state index >= 15 is 0 Å². The number of rotatable bonds is 2. The van der Waals surface area contributed by atoms with Crippen molar-refractivity contribution in [3.8, 4) is 0 Å². The van der Waals surface area contributed by atoms with Crippen LogP contribution >= 0.6 is 45.2 Å². The molecular weight excluding hydrogens is 321 g/mol. The van der Waals surface area contributed by atoms with Gasteiger partial charge in [-0.05, 0) is 6.92 Å². The molecule has 7 heavy (non-hydrogen) atoms. The van der Waals surface area contributed by atoms with Gasteiger partial charge in [0.05, 0.1) is 3.92 Å². The van der Waals surface area contributed by atoms with Crippen LogP contribution in [0, 0.1) is 0 Å². The van der Waals surface area contributed by atoms with Crippen LogP contribution in [-0.2, 0) is 0 Å². The molecule has 0 fully saturated rings. The summed E-state index contributed by atoms with van der Waals surface area (Å²) in [5.74, 6) is 0. The molecule has 44 valence electrons. The normalized spacial score (nSPS) is 18.9. The van der Waals surface area contributed by atoms with Crippen molar-refractivity contribution in [1.29, 1.82) is 0 Å². The summed E-state index contributed by atoms with van der Waals surface area (Å²) < 4.78 is 13.2. The summed E-state index contributed by atoms with van der Waals surface area (Å²) in [6, 6.07) is 0. The molecule has 0 saturated heterocycles. The molecule has 0 bridgehead atoms. The predicted molar refractivity (Wildman–Crippen MR) is 47.3 cm³/mol. The van der Waals surface area contributed by atoms with Gasteiger partial charge in [-0.15, -0.1) is 0 Å². The Hall–Kier alpha value is 1.39. The molecule has 0 rings (SSSR count). The van der Waals surface area contributed by atoms with Crippen LogP contribution in [-0.4, -0.2) is 14.5 Å². The first kappa shape index (κ1) is 8.39. The zero-order valence-electron chi connectivity index (χ0n) is 4.00. The summed E-state index contributed by atoms with van der Waals surface area (Å²) >= 11 is 4.29. The fourth-order valence-electron chi connectivity index (χ4n) is 0.123. The van der Waals surface area contributed by atoms with E-state index in [2.05, 4.69) is 45.2 Å². The van der Waals surface area contributed by atoms with Crippen LogP contribution in [0.4, 0.5) is 4.39 Å². The van der Waals surface area contributed by atoms with E-state index < -0.39 is 6.17 Å². The maximum Gasteiger partial charge on any atom is 0.110 e. The van der Waals surface area contributed by atoms with Gasteiger partial charge in [0.2, 0.25) is 0 Å². The fourth-order valence-corrected chi connectivity index (χ4v) is 0.823. The third-order valence-corrected chi connectivity index (χ3v) is 4.71. The number of hydrogen-bond acceptors (Lipinski definition) is 0. The minimum absolute atomic E-state index is 0.193. The second-order valence-corrected chi connectivity index (χ2v) is 3.83. The van der Waals surface area contributed by atoms with E-state index in [1.807, 2.05) is 0 Å². The van der Waals surface area contributed by atoms with Crippen molar-refractivity contribution in [2.45, 2.75) is 17.0 Å². The van der Waals surface area contributed by atoms with E-state index in [1.54, 1.807) is 6.92 Å². The van der Waals surface area contributed by atoms with Crippen molar-refractivity contribution in [3.63, 3.8) is 0 Å². The highest BCUT2D eigenvalue weighted by molar-refractivity contribution is 14.1. The predicted octanol–water partition coefficient (Wildman–Crippen LogP) is 2.58. The topological polar surface area (TPSA) is 0 Å². The van der Waals surface area contributed by atoms with Crippen molar-refractivity contribution in [2.75, 3.05) is 4.43 Å². The molecule has 2 atom stereocenters. The molecule has 0 saturated carbocycles. The summed E-state index contributed by atoms with van der Waals surface area (Å²) in [5, 5.41) is 0. The molecule has 0 aliphatic heterocycles. The molecule has 0 nitrogen and oxygen atoms in total. The average molecular weight is 328 g/mol. The first-order chi connectivity index (χ1) is 3.18. The summed E-state index contributed by atoms with van der Waals surface area (Å²) in [6.45, 7) is 1.59. The van der Waals surface area contributed by atoms with Gasteiger partial charge in [-0.3, -0.25) is 0 Å². The van der Waals surface area contributed by atoms with Gasteiger partial charge >= 0.3 is 0 Å². The second kappa shape index (κ2) is 4.29. The van der Waals surface area contributed by atoms with E-state index in [0.717, 1.165) is 4.43 Å². The van der Waals surface area contributed by atoms with Gasteiger partial charge in [0.25, 0.3) is 0 Å². The van der Waals surface area contributed by atoms with Crippen LogP contribution in [0.1, 0.15) is 6.92 Å². The van der Waals surface area contributed by atoms with E-state index in [9.17, 15) is 4.39 Å². The van der Waals surface area contributed by atoms with Crippen molar-refractivity contribution in [1.82, 2.24) is 0 Å². The molecule has 0 aliphatic rings. The van der Waals surface area contributed by atoms with Gasteiger partial charge in [-0.2, -0.15) is 0 Å². The quantitative estimate of drug-likeness (QED) is 0.540. The van der Waals surface area contributed by atoms with Crippen molar-refractivity contribution in [2.24, 2.45) is 0 Å². The lowest BCUT2D eigenvalue weighted by Gasteiger charge is -2.03. The first-order valence-electron chi connectivity index (χ1n) is 2.02. The van der Waals surface area contributed by atoms with Crippen LogP contribution < -0.4 is 0 Å². The van der Waals surface area contributed by atoms with Gasteiger partial charge in [-0.25, -0.2) is 4.39 Å². The Bertz CT molecular complexity index is 47.0. The van der Waals surface area contributed by atoms with Gasteiger partial charge in [0.1, 0.15) is 6.17 Å². The van der Waals surface area contributed by atoms with Gasteiger partial charge in [0.15, 0.2) is 0 Å². The Kier molecular flexibility index (Phi) is 5.14. The SMILES string of the molecule is CC(F)C(I)CI. The monoisotopic (exact) mass is 328 g/mol. The van der Waals surface area contributed by atoms with Crippen molar-refractivity contribution in [3.05, 3.63) is 0 Å². The zero-order valence-corrected chi connectivity index (χ0v) is 8.31. The smallest absolute Gasteiger partial charge is 0.110 e. The Morgan fingerprint density at radius 2 is 2.14 bits per heavy atom. The molecule has 0 aromatic rings. The number of halogens is 3. The van der Waals surface area contributed by atoms with Crippen LogP contribution in [0.15, 0.2) is 0 Å². The third kappa shape index (κ3) is 3.93. The molecule has 0 heterocycles. The molecule has 3 heteroatoms. The Balaban J connectivity index is 3.14. The molecule has 0 aromatic heterocycles. The Morgan fingerprint density at radius 1 is 1.71 bits per heavy atom. The number of hydrogen-bond donors (Lipinski definition) is 0. The largest absolute Gasteiger partial charge is 0.247 e. The zero-order chi connectivity index (χ0) is 5.86. The van der Waals surface area contributed by atoms with Crippen molar-refractivity contribution >= 4 is 45.2 Å². The molecule has 0 aromatic carbocycles. The van der Waals surface area contributed by atoms with E-state index in [0.29, 0.717) is 0 Å². The lowest BCUT2D eigenvalue weighted by atomic mass is 10.3. The standard InChI is InChI=1S/C4H7FI2/c1-3(5)4(7)2-6/h3-4H,2H2,1H3. The lowest BCUT2D eigenvalue weighted by Crippen LogP contribution is -2.11. The molecule has 0 aliphatic carbocycles. The van der Waals surface area contributed by atoms with Gasteiger partial charge in [0, 0.05) is 4.43 Å². The fraction of sp³-hybridized carbons (Fsp3) is 1.00. The second-order valence-electron chi connectivity index (χ2n) is 1.35. The highest BCUT2D eigenvalue weighted by Crippen LogP contribution is 2.11. The molecule has 2 unspecified atom stereocenters. The third-order valence-electron chi connectivity index (χ3n) is 0.646. The minimum atomic E-state index is -0.655. The number of alkyl halides is 3. The average Bonchev–Trinajstić information content (AvgIpc) is 1.65. The van der Waals surface area contributed by atoms with E-state index in [-0.39, 0.29) is 3.92 Å². The summed E-state index contributed by atoms with van der Waals surface area (Å²) in [6.07, 6.45) is -0.655. The molecule has 0 N–H and O–H groups in total. The van der Waals surface area contributed by atoms with Gasteiger partial charge < -0.3 is 0 Å². The highest BCUT2D eigenvalue weighted by atomic mass is 127.